The number of benzene rings is 3. The number of esters is 1. The van der Waals surface area contributed by atoms with Crippen LogP contribution in [0.5, 0.6) is 0 Å². The number of ether oxygens (including phenoxy) is 2. The van der Waals surface area contributed by atoms with E-state index < -0.39 is 47.6 Å². The van der Waals surface area contributed by atoms with Crippen LogP contribution in [0.15, 0.2) is 78.9 Å². The summed E-state index contributed by atoms with van der Waals surface area (Å²) in [5.41, 5.74) is -3.06. The fourth-order valence-electron chi connectivity index (χ4n) is 4.18. The summed E-state index contributed by atoms with van der Waals surface area (Å²) in [5.74, 6) is -0.572. The van der Waals surface area contributed by atoms with Crippen LogP contribution in [0.1, 0.15) is 40.3 Å². The summed E-state index contributed by atoms with van der Waals surface area (Å²) in [7, 11) is 0. The molecule has 35 heavy (non-hydrogen) atoms. The van der Waals surface area contributed by atoms with Gasteiger partial charge in [0.25, 0.3) is 0 Å². The minimum atomic E-state index is -4.96. The maximum atomic E-state index is 13.2. The molecule has 9 heteroatoms. The Kier molecular flexibility index (Phi) is 6.64. The molecule has 4 rings (SSSR count). The van der Waals surface area contributed by atoms with Gasteiger partial charge >= 0.3 is 18.3 Å². The maximum Gasteiger partial charge on any atom is 0.416 e. The quantitative estimate of drug-likeness (QED) is 0.277. The molecule has 0 aromatic heterocycles. The van der Waals surface area contributed by atoms with Gasteiger partial charge < -0.3 is 9.47 Å². The summed E-state index contributed by atoms with van der Waals surface area (Å²) in [6.45, 7) is -0.832. The summed E-state index contributed by atoms with van der Waals surface area (Å²) in [5, 5.41) is 0. The standard InChI is InChI=1S/C26H20F6O3/c27-25(28,29)20-11-17(12-21(13-20)26(30,31)32)15-34-16-24(19-9-5-2-6-10-19)14-22(35-23(24)33)18-7-3-1-4-8-18/h1-13,22H,14-16H2. The summed E-state index contributed by atoms with van der Waals surface area (Å²) < 4.78 is 90.3. The molecule has 0 aliphatic carbocycles. The van der Waals surface area contributed by atoms with Gasteiger partial charge in [-0.2, -0.15) is 26.3 Å². The third-order valence-corrected chi connectivity index (χ3v) is 5.94. The van der Waals surface area contributed by atoms with E-state index in [2.05, 4.69) is 0 Å². The molecule has 184 valence electrons. The van der Waals surface area contributed by atoms with Gasteiger partial charge in [-0.3, -0.25) is 4.79 Å². The fourth-order valence-corrected chi connectivity index (χ4v) is 4.18. The predicted octanol–water partition coefficient (Wildman–Crippen LogP) is 6.87. The van der Waals surface area contributed by atoms with Crippen LogP contribution in [0, 0.1) is 0 Å². The third-order valence-electron chi connectivity index (χ3n) is 5.94. The molecule has 1 heterocycles. The summed E-state index contributed by atoms with van der Waals surface area (Å²) in [6, 6.07) is 19.0. The average molecular weight is 494 g/mol. The molecule has 0 spiro atoms. The van der Waals surface area contributed by atoms with E-state index in [1.165, 1.54) is 0 Å². The number of alkyl halides is 6. The van der Waals surface area contributed by atoms with Gasteiger partial charge in [-0.15, -0.1) is 0 Å². The lowest BCUT2D eigenvalue weighted by Crippen LogP contribution is -2.36. The average Bonchev–Trinajstić information content (AvgIpc) is 3.16. The predicted molar refractivity (Wildman–Crippen MR) is 114 cm³/mol. The van der Waals surface area contributed by atoms with Crippen molar-refractivity contribution in [2.45, 2.75) is 36.9 Å². The molecule has 0 saturated carbocycles. The first-order valence-electron chi connectivity index (χ1n) is 10.7. The van der Waals surface area contributed by atoms with Crippen LogP contribution in [-0.4, -0.2) is 12.6 Å². The molecule has 3 nitrogen and oxygen atoms in total. The molecule has 1 saturated heterocycles. The molecule has 1 aliphatic heterocycles. The van der Waals surface area contributed by atoms with Crippen molar-refractivity contribution in [3.05, 3.63) is 107 Å². The summed E-state index contributed by atoms with van der Waals surface area (Å²) in [6.07, 6.45) is -10.3. The molecular weight excluding hydrogens is 474 g/mol. The van der Waals surface area contributed by atoms with Gasteiger partial charge in [-0.05, 0) is 34.9 Å². The van der Waals surface area contributed by atoms with E-state index in [1.807, 2.05) is 6.07 Å². The molecule has 1 aliphatic rings. The van der Waals surface area contributed by atoms with Gasteiger partial charge in [0.2, 0.25) is 0 Å². The van der Waals surface area contributed by atoms with Crippen molar-refractivity contribution in [3.8, 4) is 0 Å². The monoisotopic (exact) mass is 494 g/mol. The van der Waals surface area contributed by atoms with Crippen LogP contribution < -0.4 is 0 Å². The highest BCUT2D eigenvalue weighted by Gasteiger charge is 2.51. The van der Waals surface area contributed by atoms with Gasteiger partial charge in [0.05, 0.1) is 24.3 Å². The highest BCUT2D eigenvalue weighted by atomic mass is 19.4. The van der Waals surface area contributed by atoms with E-state index in [4.69, 9.17) is 9.47 Å². The lowest BCUT2D eigenvalue weighted by Gasteiger charge is -2.25. The lowest BCUT2D eigenvalue weighted by molar-refractivity contribution is -0.147. The minimum Gasteiger partial charge on any atom is -0.457 e. The Hall–Kier alpha value is -3.33. The van der Waals surface area contributed by atoms with E-state index in [9.17, 15) is 31.1 Å². The van der Waals surface area contributed by atoms with Crippen molar-refractivity contribution in [3.63, 3.8) is 0 Å². The second-order valence-corrected chi connectivity index (χ2v) is 8.36. The van der Waals surface area contributed by atoms with Gasteiger partial charge in [0.1, 0.15) is 11.5 Å². The highest BCUT2D eigenvalue weighted by Crippen LogP contribution is 2.45. The Morgan fingerprint density at radius 1 is 0.829 bits per heavy atom. The Labute approximate surface area is 197 Å². The zero-order chi connectivity index (χ0) is 25.3. The van der Waals surface area contributed by atoms with Gasteiger partial charge in [0.15, 0.2) is 0 Å². The van der Waals surface area contributed by atoms with Crippen LogP contribution in [0.2, 0.25) is 0 Å². The number of hydrogen-bond acceptors (Lipinski definition) is 3. The second-order valence-electron chi connectivity index (χ2n) is 8.36. The molecule has 0 N–H and O–H groups in total. The smallest absolute Gasteiger partial charge is 0.416 e. The number of carbonyl (C=O) groups excluding carboxylic acids is 1. The molecule has 1 fully saturated rings. The SMILES string of the molecule is O=C1OC(c2ccccc2)CC1(COCc1cc(C(F)(F)F)cc(C(F)(F)F)c1)c1ccccc1. The van der Waals surface area contributed by atoms with Crippen molar-refractivity contribution < 1.29 is 40.6 Å². The summed E-state index contributed by atoms with van der Waals surface area (Å²) in [4.78, 5) is 13.1. The molecule has 3 aromatic rings. The number of cyclic esters (lactones) is 1. The summed E-state index contributed by atoms with van der Waals surface area (Å²) >= 11 is 0. The third kappa shape index (κ3) is 5.35. The van der Waals surface area contributed by atoms with Gasteiger partial charge in [-0.25, -0.2) is 0 Å². The Bertz CT molecular complexity index is 1140. The lowest BCUT2D eigenvalue weighted by atomic mass is 9.78. The van der Waals surface area contributed by atoms with E-state index in [0.29, 0.717) is 17.7 Å². The Balaban J connectivity index is 1.60. The fraction of sp³-hybridized carbons (Fsp3) is 0.269. The Morgan fingerprint density at radius 2 is 1.37 bits per heavy atom. The second kappa shape index (κ2) is 9.37. The van der Waals surface area contributed by atoms with Crippen LogP contribution in [0.3, 0.4) is 0 Å². The van der Waals surface area contributed by atoms with E-state index in [-0.39, 0.29) is 24.7 Å². The van der Waals surface area contributed by atoms with Crippen LogP contribution in [-0.2, 0) is 38.6 Å². The zero-order valence-electron chi connectivity index (χ0n) is 18.2. The molecule has 0 amide bonds. The molecule has 0 bridgehead atoms. The molecule has 2 atom stereocenters. The van der Waals surface area contributed by atoms with E-state index in [1.54, 1.807) is 54.6 Å². The minimum absolute atomic E-state index is 0.0632. The van der Waals surface area contributed by atoms with Crippen LogP contribution in [0.25, 0.3) is 0 Å². The van der Waals surface area contributed by atoms with Gasteiger partial charge in [-0.1, -0.05) is 60.7 Å². The van der Waals surface area contributed by atoms with E-state index >= 15 is 0 Å². The zero-order valence-corrected chi connectivity index (χ0v) is 18.2. The first-order valence-corrected chi connectivity index (χ1v) is 10.7. The number of carbonyl (C=O) groups is 1. The normalized spacial score (nSPS) is 20.6. The highest BCUT2D eigenvalue weighted by molar-refractivity contribution is 5.85. The first-order chi connectivity index (χ1) is 16.5. The van der Waals surface area contributed by atoms with Crippen LogP contribution in [0.4, 0.5) is 26.3 Å². The number of halogens is 6. The van der Waals surface area contributed by atoms with Gasteiger partial charge in [0, 0.05) is 6.42 Å². The van der Waals surface area contributed by atoms with Crippen molar-refractivity contribution in [1.82, 2.24) is 0 Å². The molecule has 0 radical (unpaired) electrons. The molecular formula is C26H20F6O3. The Morgan fingerprint density at radius 3 is 1.91 bits per heavy atom. The number of hydrogen-bond donors (Lipinski definition) is 0. The molecule has 2 unspecified atom stereocenters. The maximum absolute atomic E-state index is 13.2. The largest absolute Gasteiger partial charge is 0.457 e. The van der Waals surface area contributed by atoms with Crippen molar-refractivity contribution in [2.24, 2.45) is 0 Å². The topological polar surface area (TPSA) is 35.5 Å². The van der Waals surface area contributed by atoms with E-state index in [0.717, 1.165) is 5.56 Å². The molecule has 3 aromatic carbocycles. The van der Waals surface area contributed by atoms with Crippen molar-refractivity contribution in [2.75, 3.05) is 6.61 Å². The van der Waals surface area contributed by atoms with Crippen molar-refractivity contribution in [1.29, 1.82) is 0 Å². The number of rotatable bonds is 6. The van der Waals surface area contributed by atoms with Crippen LogP contribution >= 0.6 is 0 Å². The van der Waals surface area contributed by atoms with Crippen molar-refractivity contribution >= 4 is 5.97 Å². The first kappa shape index (κ1) is 24.8.